The number of hydrogen-bond acceptors (Lipinski definition) is 3. The van der Waals surface area contributed by atoms with Crippen LogP contribution in [0.3, 0.4) is 0 Å². The Balaban J connectivity index is 3.11. The smallest absolute Gasteiger partial charge is 0.310 e. The second-order valence-corrected chi connectivity index (χ2v) is 4.26. The van der Waals surface area contributed by atoms with Crippen molar-refractivity contribution in [2.45, 2.75) is 12.8 Å². The van der Waals surface area contributed by atoms with E-state index in [1.807, 2.05) is 0 Å². The number of pyridine rings is 1. The molecule has 0 aliphatic rings. The van der Waals surface area contributed by atoms with Gasteiger partial charge in [0, 0.05) is 0 Å². The number of esters is 1. The molecule has 1 aromatic heterocycles. The lowest BCUT2D eigenvalue weighted by Crippen LogP contribution is -2.07. The molecular weight excluding hydrogens is 354 g/mol. The largest absolute Gasteiger partial charge is 0.469 e. The highest BCUT2D eigenvalue weighted by molar-refractivity contribution is 14.1. The van der Waals surface area contributed by atoms with Crippen molar-refractivity contribution in [2.24, 2.45) is 0 Å². The Labute approximate surface area is 109 Å². The van der Waals surface area contributed by atoms with E-state index < -0.39 is 18.1 Å². The van der Waals surface area contributed by atoms with Gasteiger partial charge in [0.25, 0.3) is 6.43 Å². The molecule has 3 nitrogen and oxygen atoms in total. The summed E-state index contributed by atoms with van der Waals surface area (Å²) in [7, 11) is 1.22. The van der Waals surface area contributed by atoms with Crippen molar-refractivity contribution in [2.75, 3.05) is 7.11 Å². The summed E-state index contributed by atoms with van der Waals surface area (Å²) < 4.78 is 29.6. The molecule has 0 aliphatic carbocycles. The maximum atomic E-state index is 12.5. The van der Waals surface area contributed by atoms with E-state index in [1.165, 1.54) is 7.11 Å². The molecule has 0 fully saturated rings. The van der Waals surface area contributed by atoms with Crippen molar-refractivity contribution in [3.8, 4) is 0 Å². The molecule has 1 aromatic rings. The average molecular weight is 362 g/mol. The third-order valence-corrected chi connectivity index (χ3v) is 3.32. The molecule has 0 amide bonds. The third kappa shape index (κ3) is 3.24. The molecular formula is C9H7ClF2INO2. The number of rotatable bonds is 3. The second-order valence-electron chi connectivity index (χ2n) is 2.86. The number of aromatic nitrogens is 1. The number of carbonyl (C=O) groups excluding carboxylic acids is 1. The van der Waals surface area contributed by atoms with Gasteiger partial charge in [-0.3, -0.25) is 4.79 Å². The lowest BCUT2D eigenvalue weighted by Gasteiger charge is -2.07. The summed E-state index contributed by atoms with van der Waals surface area (Å²) in [5, 5.41) is 0.204. The van der Waals surface area contributed by atoms with Gasteiger partial charge in [-0.2, -0.15) is 0 Å². The summed E-state index contributed by atoms with van der Waals surface area (Å²) in [4.78, 5) is 14.7. The van der Waals surface area contributed by atoms with E-state index in [0.717, 1.165) is 6.07 Å². The number of methoxy groups -OCH3 is 1. The van der Waals surface area contributed by atoms with Gasteiger partial charge in [0.15, 0.2) is 0 Å². The SMILES string of the molecule is COC(=O)Cc1cc(C(F)F)nc(I)c1Cl. The van der Waals surface area contributed by atoms with Gasteiger partial charge in [-0.25, -0.2) is 13.8 Å². The molecule has 0 aromatic carbocycles. The predicted octanol–water partition coefficient (Wildman–Crippen LogP) is 2.99. The second kappa shape index (κ2) is 5.72. The average Bonchev–Trinajstić information content (AvgIpc) is 2.23. The Morgan fingerprint density at radius 3 is 2.81 bits per heavy atom. The van der Waals surface area contributed by atoms with Crippen LogP contribution >= 0.6 is 34.2 Å². The van der Waals surface area contributed by atoms with Gasteiger partial charge in [0.2, 0.25) is 0 Å². The Kier molecular flexibility index (Phi) is 4.85. The molecule has 7 heteroatoms. The minimum absolute atomic E-state index is 0.145. The topological polar surface area (TPSA) is 39.2 Å². The number of ether oxygens (including phenoxy) is 1. The molecule has 16 heavy (non-hydrogen) atoms. The van der Waals surface area contributed by atoms with E-state index in [-0.39, 0.29) is 15.1 Å². The van der Waals surface area contributed by atoms with Crippen molar-refractivity contribution in [3.05, 3.63) is 26.0 Å². The first-order chi connectivity index (χ1) is 7.45. The first kappa shape index (κ1) is 13.6. The van der Waals surface area contributed by atoms with Crippen molar-refractivity contribution in [1.29, 1.82) is 0 Å². The molecule has 0 aliphatic heterocycles. The minimum Gasteiger partial charge on any atom is -0.469 e. The van der Waals surface area contributed by atoms with Crippen LogP contribution in [0.15, 0.2) is 6.07 Å². The van der Waals surface area contributed by atoms with Crippen molar-refractivity contribution >= 4 is 40.2 Å². The molecule has 0 unspecified atom stereocenters. The Morgan fingerprint density at radius 2 is 2.31 bits per heavy atom. The Bertz CT molecular complexity index is 415. The highest BCUT2D eigenvalue weighted by Gasteiger charge is 2.17. The zero-order valence-electron chi connectivity index (χ0n) is 8.14. The van der Waals surface area contributed by atoms with Gasteiger partial charge in [-0.1, -0.05) is 11.6 Å². The van der Waals surface area contributed by atoms with Gasteiger partial charge in [0.1, 0.15) is 9.39 Å². The van der Waals surface area contributed by atoms with Gasteiger partial charge in [-0.15, -0.1) is 0 Å². The lowest BCUT2D eigenvalue weighted by molar-refractivity contribution is -0.139. The Hall–Kier alpha value is -0.500. The standard InChI is InChI=1S/C9H7ClF2INO2/c1-16-6(15)3-4-2-5(8(11)12)14-9(13)7(4)10/h2,8H,3H2,1H3. The number of hydrogen-bond donors (Lipinski definition) is 0. The zero-order valence-corrected chi connectivity index (χ0v) is 11.1. The monoisotopic (exact) mass is 361 g/mol. The van der Waals surface area contributed by atoms with E-state index in [0.29, 0.717) is 5.56 Å². The first-order valence-electron chi connectivity index (χ1n) is 4.15. The number of carbonyl (C=O) groups is 1. The molecule has 0 bridgehead atoms. The molecule has 0 spiro atoms. The molecule has 0 saturated heterocycles. The van der Waals surface area contributed by atoms with E-state index >= 15 is 0 Å². The van der Waals surface area contributed by atoms with Gasteiger partial charge in [-0.05, 0) is 34.2 Å². The highest BCUT2D eigenvalue weighted by atomic mass is 127. The maximum Gasteiger partial charge on any atom is 0.310 e. The molecule has 88 valence electrons. The van der Waals surface area contributed by atoms with E-state index in [2.05, 4.69) is 9.72 Å². The van der Waals surface area contributed by atoms with Crippen molar-refractivity contribution in [3.63, 3.8) is 0 Å². The third-order valence-electron chi connectivity index (χ3n) is 1.80. The van der Waals surface area contributed by atoms with Gasteiger partial charge >= 0.3 is 5.97 Å². The fourth-order valence-electron chi connectivity index (χ4n) is 1.04. The van der Waals surface area contributed by atoms with Gasteiger partial charge in [0.05, 0.1) is 18.6 Å². The van der Waals surface area contributed by atoms with Crippen LogP contribution in [0.2, 0.25) is 5.02 Å². The fourth-order valence-corrected chi connectivity index (χ4v) is 1.83. The van der Waals surface area contributed by atoms with Crippen LogP contribution in [-0.4, -0.2) is 18.1 Å². The summed E-state index contributed by atoms with van der Waals surface area (Å²) in [6.07, 6.45) is -2.84. The normalized spacial score (nSPS) is 10.6. The predicted molar refractivity (Wildman–Crippen MR) is 62.6 cm³/mol. The fraction of sp³-hybridized carbons (Fsp3) is 0.333. The number of halogens is 4. The van der Waals surface area contributed by atoms with Crippen LogP contribution < -0.4 is 0 Å². The summed E-state index contributed by atoms with van der Waals surface area (Å²) >= 11 is 7.59. The quantitative estimate of drug-likeness (QED) is 0.472. The first-order valence-corrected chi connectivity index (χ1v) is 5.61. The number of alkyl halides is 2. The summed E-state index contributed by atoms with van der Waals surface area (Å²) in [6.45, 7) is 0. The number of nitrogens with zero attached hydrogens (tertiary/aromatic N) is 1. The van der Waals surface area contributed by atoms with E-state index in [1.54, 1.807) is 22.6 Å². The van der Waals surface area contributed by atoms with Crippen LogP contribution in [0, 0.1) is 3.70 Å². The van der Waals surface area contributed by atoms with Crippen molar-refractivity contribution < 1.29 is 18.3 Å². The van der Waals surface area contributed by atoms with E-state index in [4.69, 9.17) is 11.6 Å². The molecule has 1 rings (SSSR count). The zero-order chi connectivity index (χ0) is 12.3. The summed E-state index contributed by atoms with van der Waals surface area (Å²) in [5.41, 5.74) is -0.101. The molecule has 0 saturated carbocycles. The molecule has 0 radical (unpaired) electrons. The van der Waals surface area contributed by atoms with Gasteiger partial charge < -0.3 is 4.74 Å². The molecule has 0 atom stereocenters. The van der Waals surface area contributed by atoms with Crippen LogP contribution in [0.25, 0.3) is 0 Å². The minimum atomic E-state index is -2.69. The van der Waals surface area contributed by atoms with Crippen LogP contribution in [0.4, 0.5) is 8.78 Å². The summed E-state index contributed by atoms with van der Waals surface area (Å²) in [6, 6.07) is 1.12. The molecule has 0 N–H and O–H groups in total. The van der Waals surface area contributed by atoms with Crippen LogP contribution in [0.1, 0.15) is 17.7 Å². The highest BCUT2D eigenvalue weighted by Crippen LogP contribution is 2.27. The van der Waals surface area contributed by atoms with Crippen LogP contribution in [0.5, 0.6) is 0 Å². The Morgan fingerprint density at radius 1 is 1.69 bits per heavy atom. The van der Waals surface area contributed by atoms with Crippen molar-refractivity contribution in [1.82, 2.24) is 4.98 Å². The maximum absolute atomic E-state index is 12.5. The summed E-state index contributed by atoms with van der Waals surface area (Å²) in [5.74, 6) is -0.538. The lowest BCUT2D eigenvalue weighted by atomic mass is 10.1. The van der Waals surface area contributed by atoms with E-state index in [9.17, 15) is 13.6 Å². The molecule has 1 heterocycles. The van der Waals surface area contributed by atoms with Crippen LogP contribution in [-0.2, 0) is 16.0 Å².